The van der Waals surface area contributed by atoms with Crippen LogP contribution in [-0.4, -0.2) is 6.54 Å². The van der Waals surface area contributed by atoms with E-state index in [0.29, 0.717) is 6.54 Å². The predicted octanol–water partition coefficient (Wildman–Crippen LogP) is 4.26. The largest absolute Gasteiger partial charge is 0.377 e. The van der Waals surface area contributed by atoms with Crippen LogP contribution in [0, 0.1) is 6.92 Å². The van der Waals surface area contributed by atoms with Gasteiger partial charge in [0.2, 0.25) is 0 Å². The summed E-state index contributed by atoms with van der Waals surface area (Å²) in [4.78, 5) is 0. The molecule has 3 aromatic carbocycles. The van der Waals surface area contributed by atoms with Crippen molar-refractivity contribution >= 4 is 16.5 Å². The topological polar surface area (TPSA) is 38.0 Å². The maximum Gasteiger partial charge on any atom is 0.0636 e. The number of rotatable bonds is 4. The Morgan fingerprint density at radius 2 is 1.62 bits per heavy atom. The van der Waals surface area contributed by atoms with Crippen molar-refractivity contribution in [1.82, 2.24) is 0 Å². The van der Waals surface area contributed by atoms with Crippen LogP contribution in [0.2, 0.25) is 0 Å². The van der Waals surface area contributed by atoms with Crippen molar-refractivity contribution in [3.8, 4) is 0 Å². The molecule has 0 fully saturated rings. The molecule has 0 aromatic heterocycles. The Labute approximate surface area is 125 Å². The van der Waals surface area contributed by atoms with Gasteiger partial charge in [-0.2, -0.15) is 0 Å². The fourth-order valence-corrected chi connectivity index (χ4v) is 2.55. The summed E-state index contributed by atoms with van der Waals surface area (Å²) in [5.74, 6) is 0. The Balaban J connectivity index is 1.88. The van der Waals surface area contributed by atoms with Crippen LogP contribution in [0.25, 0.3) is 10.8 Å². The fraction of sp³-hybridized carbons (Fsp3) is 0.158. The smallest absolute Gasteiger partial charge is 0.0636 e. The Hall–Kier alpha value is -2.32. The summed E-state index contributed by atoms with van der Waals surface area (Å²) in [5.41, 5.74) is 9.54. The second-order valence-electron chi connectivity index (χ2n) is 5.41. The number of nitrogens with two attached hydrogens (primary N) is 1. The summed E-state index contributed by atoms with van der Waals surface area (Å²) in [6, 6.07) is 23.5. The molecule has 21 heavy (non-hydrogen) atoms. The molecule has 2 heteroatoms. The van der Waals surface area contributed by atoms with E-state index in [1.807, 2.05) is 0 Å². The molecule has 0 aliphatic heterocycles. The summed E-state index contributed by atoms with van der Waals surface area (Å²) in [6.07, 6.45) is 0. The lowest BCUT2D eigenvalue weighted by Crippen LogP contribution is -2.20. The third kappa shape index (κ3) is 3.06. The van der Waals surface area contributed by atoms with Crippen molar-refractivity contribution in [2.24, 2.45) is 5.73 Å². The molecular formula is C19H20N2. The lowest BCUT2D eigenvalue weighted by Gasteiger charge is -2.19. The molecule has 106 valence electrons. The Kier molecular flexibility index (Phi) is 3.89. The number of fused-ring (bicyclic) bond motifs is 1. The van der Waals surface area contributed by atoms with E-state index in [1.165, 1.54) is 21.9 Å². The van der Waals surface area contributed by atoms with E-state index in [1.54, 1.807) is 0 Å². The monoisotopic (exact) mass is 276 g/mol. The Bertz CT molecular complexity index is 732. The van der Waals surface area contributed by atoms with Crippen LogP contribution in [0.3, 0.4) is 0 Å². The molecule has 3 aromatic rings. The number of aryl methyl sites for hydroxylation is 1. The molecule has 3 rings (SSSR count). The minimum atomic E-state index is 0.123. The Morgan fingerprint density at radius 3 is 2.33 bits per heavy atom. The second kappa shape index (κ2) is 5.98. The molecule has 0 saturated carbocycles. The Morgan fingerprint density at radius 1 is 0.905 bits per heavy atom. The molecule has 0 aliphatic carbocycles. The highest BCUT2D eigenvalue weighted by molar-refractivity contribution is 5.83. The summed E-state index contributed by atoms with van der Waals surface area (Å²) >= 11 is 0. The molecule has 0 radical (unpaired) electrons. The van der Waals surface area contributed by atoms with Crippen molar-refractivity contribution in [1.29, 1.82) is 0 Å². The van der Waals surface area contributed by atoms with Gasteiger partial charge >= 0.3 is 0 Å². The van der Waals surface area contributed by atoms with E-state index in [4.69, 9.17) is 5.73 Å². The SMILES string of the molecule is Cc1ccc(NC(CN)c2ccc3ccccc3c2)cc1. The quantitative estimate of drug-likeness (QED) is 0.747. The molecule has 0 bridgehead atoms. The first-order valence-corrected chi connectivity index (χ1v) is 7.28. The van der Waals surface area contributed by atoms with Gasteiger partial charge in [-0.05, 0) is 41.5 Å². The van der Waals surface area contributed by atoms with Crippen LogP contribution in [0.5, 0.6) is 0 Å². The molecule has 2 nitrogen and oxygen atoms in total. The highest BCUT2D eigenvalue weighted by Gasteiger charge is 2.10. The van der Waals surface area contributed by atoms with E-state index in [0.717, 1.165) is 5.69 Å². The van der Waals surface area contributed by atoms with Gasteiger partial charge in [0, 0.05) is 12.2 Å². The zero-order valence-electron chi connectivity index (χ0n) is 12.2. The second-order valence-corrected chi connectivity index (χ2v) is 5.41. The molecule has 0 saturated heterocycles. The first-order chi connectivity index (χ1) is 10.3. The van der Waals surface area contributed by atoms with Crippen molar-refractivity contribution in [3.63, 3.8) is 0 Å². The summed E-state index contributed by atoms with van der Waals surface area (Å²) in [7, 11) is 0. The molecule has 1 unspecified atom stereocenters. The number of benzene rings is 3. The van der Waals surface area contributed by atoms with Crippen LogP contribution in [0.1, 0.15) is 17.2 Å². The van der Waals surface area contributed by atoms with Gasteiger partial charge in [-0.3, -0.25) is 0 Å². The predicted molar refractivity (Wildman–Crippen MR) is 90.5 cm³/mol. The first-order valence-electron chi connectivity index (χ1n) is 7.28. The molecule has 3 N–H and O–H groups in total. The first kappa shape index (κ1) is 13.7. The van der Waals surface area contributed by atoms with E-state index >= 15 is 0 Å². The molecule has 0 aliphatic rings. The normalized spacial score (nSPS) is 12.3. The van der Waals surface area contributed by atoms with Crippen molar-refractivity contribution in [3.05, 3.63) is 77.9 Å². The van der Waals surface area contributed by atoms with Gasteiger partial charge in [-0.1, -0.05) is 54.1 Å². The zero-order valence-corrected chi connectivity index (χ0v) is 12.2. The van der Waals surface area contributed by atoms with Crippen LogP contribution in [0.15, 0.2) is 66.7 Å². The van der Waals surface area contributed by atoms with Gasteiger partial charge in [0.15, 0.2) is 0 Å². The van der Waals surface area contributed by atoms with Crippen molar-refractivity contribution in [2.75, 3.05) is 11.9 Å². The van der Waals surface area contributed by atoms with Crippen LogP contribution < -0.4 is 11.1 Å². The number of hydrogen-bond donors (Lipinski definition) is 2. The van der Waals surface area contributed by atoms with Gasteiger partial charge in [0.1, 0.15) is 0 Å². The van der Waals surface area contributed by atoms with Gasteiger partial charge in [0.05, 0.1) is 6.04 Å². The van der Waals surface area contributed by atoms with Gasteiger partial charge < -0.3 is 11.1 Å². The average molecular weight is 276 g/mol. The molecule has 0 heterocycles. The van der Waals surface area contributed by atoms with Gasteiger partial charge in [0.25, 0.3) is 0 Å². The summed E-state index contributed by atoms with van der Waals surface area (Å²) in [5, 5.41) is 6.02. The van der Waals surface area contributed by atoms with Crippen molar-refractivity contribution in [2.45, 2.75) is 13.0 Å². The number of anilines is 1. The number of nitrogens with one attached hydrogen (secondary N) is 1. The average Bonchev–Trinajstić information content (AvgIpc) is 2.54. The van der Waals surface area contributed by atoms with Crippen molar-refractivity contribution < 1.29 is 0 Å². The van der Waals surface area contributed by atoms with Crippen LogP contribution >= 0.6 is 0 Å². The van der Waals surface area contributed by atoms with Gasteiger partial charge in [-0.25, -0.2) is 0 Å². The van der Waals surface area contributed by atoms with Gasteiger partial charge in [-0.15, -0.1) is 0 Å². The lowest BCUT2D eigenvalue weighted by atomic mass is 10.0. The number of hydrogen-bond acceptors (Lipinski definition) is 2. The van der Waals surface area contributed by atoms with Crippen LogP contribution in [0.4, 0.5) is 5.69 Å². The molecule has 0 amide bonds. The maximum atomic E-state index is 5.96. The van der Waals surface area contributed by atoms with Crippen LogP contribution in [-0.2, 0) is 0 Å². The molecule has 0 spiro atoms. The highest BCUT2D eigenvalue weighted by Crippen LogP contribution is 2.23. The minimum absolute atomic E-state index is 0.123. The third-order valence-electron chi connectivity index (χ3n) is 3.80. The fourth-order valence-electron chi connectivity index (χ4n) is 2.55. The highest BCUT2D eigenvalue weighted by atomic mass is 14.9. The van der Waals surface area contributed by atoms with E-state index < -0.39 is 0 Å². The maximum absolute atomic E-state index is 5.96. The third-order valence-corrected chi connectivity index (χ3v) is 3.80. The zero-order chi connectivity index (χ0) is 14.7. The van der Waals surface area contributed by atoms with E-state index in [2.05, 4.69) is 79.0 Å². The molecular weight excluding hydrogens is 256 g/mol. The standard InChI is InChI=1S/C19H20N2/c1-14-6-10-18(11-7-14)21-19(13-20)17-9-8-15-4-2-3-5-16(15)12-17/h2-12,19,21H,13,20H2,1H3. The lowest BCUT2D eigenvalue weighted by molar-refractivity contribution is 0.791. The summed E-state index contributed by atoms with van der Waals surface area (Å²) in [6.45, 7) is 2.65. The van der Waals surface area contributed by atoms with E-state index in [9.17, 15) is 0 Å². The van der Waals surface area contributed by atoms with E-state index in [-0.39, 0.29) is 6.04 Å². The summed E-state index contributed by atoms with van der Waals surface area (Å²) < 4.78 is 0. The molecule has 1 atom stereocenters. The minimum Gasteiger partial charge on any atom is -0.377 e.